The Hall–Kier alpha value is -0.750. The van der Waals surface area contributed by atoms with Gasteiger partial charge in [0.2, 0.25) is 0 Å². The Kier molecular flexibility index (Phi) is 6.37. The molecule has 0 N–H and O–H groups in total. The molecular formula is C17H23BrFNO2S. The summed E-state index contributed by atoms with van der Waals surface area (Å²) in [6.45, 7) is 7.05. The van der Waals surface area contributed by atoms with E-state index in [-0.39, 0.29) is 11.9 Å². The summed E-state index contributed by atoms with van der Waals surface area (Å²) in [4.78, 5) is 14.5. The number of likely N-dealkylation sites (tertiary alicyclic amines) is 1. The third kappa shape index (κ3) is 5.99. The second kappa shape index (κ2) is 7.88. The van der Waals surface area contributed by atoms with Crippen LogP contribution in [0.3, 0.4) is 0 Å². The molecule has 0 unspecified atom stereocenters. The highest BCUT2D eigenvalue weighted by Crippen LogP contribution is 2.30. The first-order valence-electron chi connectivity index (χ1n) is 7.80. The zero-order valence-electron chi connectivity index (χ0n) is 13.8. The van der Waals surface area contributed by atoms with Crippen LogP contribution < -0.4 is 0 Å². The quantitative estimate of drug-likeness (QED) is 0.638. The Morgan fingerprint density at radius 2 is 2.04 bits per heavy atom. The summed E-state index contributed by atoms with van der Waals surface area (Å²) in [5.41, 5.74) is -0.455. The lowest BCUT2D eigenvalue weighted by molar-refractivity contribution is 0.0191. The van der Waals surface area contributed by atoms with E-state index in [2.05, 4.69) is 15.9 Å². The minimum Gasteiger partial charge on any atom is -0.444 e. The normalized spacial score (nSPS) is 16.5. The maximum absolute atomic E-state index is 13.8. The van der Waals surface area contributed by atoms with E-state index in [1.807, 2.05) is 26.8 Å². The maximum Gasteiger partial charge on any atom is 0.410 e. The van der Waals surface area contributed by atoms with E-state index in [1.54, 1.807) is 22.7 Å². The van der Waals surface area contributed by atoms with Gasteiger partial charge in [-0.05, 0) is 57.7 Å². The minimum atomic E-state index is -0.455. The fraction of sp³-hybridized carbons (Fsp3) is 0.588. The average molecular weight is 404 g/mol. The van der Waals surface area contributed by atoms with Gasteiger partial charge >= 0.3 is 6.09 Å². The fourth-order valence-electron chi connectivity index (χ4n) is 2.41. The molecule has 0 bridgehead atoms. The van der Waals surface area contributed by atoms with Crippen LogP contribution in [0.25, 0.3) is 0 Å². The van der Waals surface area contributed by atoms with Gasteiger partial charge in [0.25, 0.3) is 0 Å². The zero-order chi connectivity index (χ0) is 17.0. The highest BCUT2D eigenvalue weighted by atomic mass is 79.9. The van der Waals surface area contributed by atoms with Crippen molar-refractivity contribution in [3.8, 4) is 0 Å². The van der Waals surface area contributed by atoms with Crippen molar-refractivity contribution >= 4 is 33.8 Å². The van der Waals surface area contributed by atoms with Gasteiger partial charge in [-0.2, -0.15) is 0 Å². The van der Waals surface area contributed by atoms with E-state index in [0.29, 0.717) is 23.9 Å². The monoisotopic (exact) mass is 403 g/mol. The van der Waals surface area contributed by atoms with Gasteiger partial charge in [0.15, 0.2) is 0 Å². The van der Waals surface area contributed by atoms with Gasteiger partial charge in [0.05, 0.1) is 0 Å². The summed E-state index contributed by atoms with van der Waals surface area (Å²) in [5.74, 6) is 1.19. The van der Waals surface area contributed by atoms with E-state index in [9.17, 15) is 9.18 Å². The zero-order valence-corrected chi connectivity index (χ0v) is 16.2. The van der Waals surface area contributed by atoms with Gasteiger partial charge in [0.1, 0.15) is 11.4 Å². The lowest BCUT2D eigenvalue weighted by Crippen LogP contribution is -2.42. The van der Waals surface area contributed by atoms with Crippen molar-refractivity contribution in [1.29, 1.82) is 0 Å². The summed E-state index contributed by atoms with van der Waals surface area (Å²) in [6.07, 6.45) is 1.64. The molecular weight excluding hydrogens is 381 g/mol. The molecule has 1 aliphatic rings. The van der Waals surface area contributed by atoms with Crippen molar-refractivity contribution < 1.29 is 13.9 Å². The van der Waals surface area contributed by atoms with Crippen molar-refractivity contribution in [1.82, 2.24) is 4.90 Å². The van der Waals surface area contributed by atoms with Crippen LogP contribution in [-0.2, 0) is 4.74 Å². The van der Waals surface area contributed by atoms with Crippen LogP contribution in [-0.4, -0.2) is 35.4 Å². The standard InChI is InChI=1S/C17H23BrFNO2S/c1-17(2,3)22-16(21)20-8-6-12(7-9-20)11-23-15-5-4-13(18)10-14(15)19/h4-5,10,12H,6-9,11H2,1-3H3. The number of thioether (sulfide) groups is 1. The number of piperidine rings is 1. The molecule has 1 aliphatic heterocycles. The van der Waals surface area contributed by atoms with Crippen molar-refractivity contribution in [3.05, 3.63) is 28.5 Å². The third-order valence-electron chi connectivity index (χ3n) is 3.63. The number of benzene rings is 1. The van der Waals surface area contributed by atoms with E-state index in [0.717, 1.165) is 23.1 Å². The lowest BCUT2D eigenvalue weighted by atomic mass is 9.99. The maximum atomic E-state index is 13.8. The van der Waals surface area contributed by atoms with Gasteiger partial charge in [-0.1, -0.05) is 15.9 Å². The van der Waals surface area contributed by atoms with E-state index < -0.39 is 5.60 Å². The SMILES string of the molecule is CC(C)(C)OC(=O)N1CCC(CSc2ccc(Br)cc2F)CC1. The first-order chi connectivity index (χ1) is 10.7. The molecule has 1 saturated heterocycles. The summed E-state index contributed by atoms with van der Waals surface area (Å²) in [6, 6.07) is 5.16. The number of rotatable bonds is 3. The molecule has 0 atom stereocenters. The van der Waals surface area contributed by atoms with Crippen molar-refractivity contribution in [2.45, 2.75) is 44.1 Å². The van der Waals surface area contributed by atoms with Crippen LogP contribution in [0, 0.1) is 11.7 Å². The molecule has 1 aromatic carbocycles. The summed E-state index contributed by atoms with van der Waals surface area (Å²) in [5, 5.41) is 0. The number of nitrogens with zero attached hydrogens (tertiary/aromatic N) is 1. The topological polar surface area (TPSA) is 29.5 Å². The molecule has 3 nitrogen and oxygen atoms in total. The van der Waals surface area contributed by atoms with Crippen LogP contribution in [0.1, 0.15) is 33.6 Å². The molecule has 0 aliphatic carbocycles. The van der Waals surface area contributed by atoms with Crippen molar-refractivity contribution in [2.24, 2.45) is 5.92 Å². The Morgan fingerprint density at radius 3 is 2.61 bits per heavy atom. The van der Waals surface area contributed by atoms with E-state index >= 15 is 0 Å². The molecule has 128 valence electrons. The van der Waals surface area contributed by atoms with Gasteiger partial charge in [0, 0.05) is 28.2 Å². The Labute approximate surface area is 150 Å². The highest BCUT2D eigenvalue weighted by Gasteiger charge is 2.26. The van der Waals surface area contributed by atoms with Crippen LogP contribution in [0.2, 0.25) is 0 Å². The number of hydrogen-bond acceptors (Lipinski definition) is 3. The molecule has 0 aromatic heterocycles. The van der Waals surface area contributed by atoms with Crippen LogP contribution in [0.15, 0.2) is 27.6 Å². The predicted molar refractivity (Wildman–Crippen MR) is 95.4 cm³/mol. The van der Waals surface area contributed by atoms with Gasteiger partial charge in [-0.15, -0.1) is 11.8 Å². The molecule has 6 heteroatoms. The van der Waals surface area contributed by atoms with E-state index in [1.165, 1.54) is 6.07 Å². The molecule has 1 aromatic rings. The van der Waals surface area contributed by atoms with Crippen molar-refractivity contribution in [3.63, 3.8) is 0 Å². The number of carbonyl (C=O) groups excluding carboxylic acids is 1. The first kappa shape index (κ1) is 18.6. The smallest absolute Gasteiger partial charge is 0.410 e. The fourth-order valence-corrected chi connectivity index (χ4v) is 3.85. The molecule has 1 fully saturated rings. The molecule has 23 heavy (non-hydrogen) atoms. The van der Waals surface area contributed by atoms with Gasteiger partial charge in [-0.25, -0.2) is 9.18 Å². The van der Waals surface area contributed by atoms with Gasteiger partial charge in [-0.3, -0.25) is 0 Å². The second-order valence-corrected chi connectivity index (χ2v) is 8.77. The van der Waals surface area contributed by atoms with Gasteiger partial charge < -0.3 is 9.64 Å². The molecule has 0 saturated carbocycles. The molecule has 1 amide bonds. The molecule has 2 rings (SSSR count). The number of hydrogen-bond donors (Lipinski definition) is 0. The summed E-state index contributed by atoms with van der Waals surface area (Å²) in [7, 11) is 0. The van der Waals surface area contributed by atoms with E-state index in [4.69, 9.17) is 4.74 Å². The largest absolute Gasteiger partial charge is 0.444 e. The number of amides is 1. The second-order valence-electron chi connectivity index (χ2n) is 6.80. The Bertz CT molecular complexity index is 554. The van der Waals surface area contributed by atoms with Crippen LogP contribution in [0.4, 0.5) is 9.18 Å². The molecule has 0 radical (unpaired) electrons. The van der Waals surface area contributed by atoms with Crippen LogP contribution in [0.5, 0.6) is 0 Å². The third-order valence-corrected chi connectivity index (χ3v) is 5.41. The number of carbonyl (C=O) groups is 1. The molecule has 1 heterocycles. The van der Waals surface area contributed by atoms with Crippen molar-refractivity contribution in [2.75, 3.05) is 18.8 Å². The number of halogens is 2. The Balaban J connectivity index is 1.77. The number of ether oxygens (including phenoxy) is 1. The molecule has 0 spiro atoms. The summed E-state index contributed by atoms with van der Waals surface area (Å²) >= 11 is 4.82. The van der Waals surface area contributed by atoms with Crippen LogP contribution >= 0.6 is 27.7 Å². The highest BCUT2D eigenvalue weighted by molar-refractivity contribution is 9.10. The first-order valence-corrected chi connectivity index (χ1v) is 9.58. The minimum absolute atomic E-state index is 0.185. The summed E-state index contributed by atoms with van der Waals surface area (Å²) < 4.78 is 20.0. The Morgan fingerprint density at radius 1 is 1.39 bits per heavy atom. The predicted octanol–water partition coefficient (Wildman–Crippen LogP) is 5.33. The average Bonchev–Trinajstić information content (AvgIpc) is 2.45. The lowest BCUT2D eigenvalue weighted by Gasteiger charge is -2.33.